The Morgan fingerprint density at radius 3 is 3.17 bits per heavy atom. The molecule has 3 aromatic rings. The van der Waals surface area contributed by atoms with E-state index in [1.54, 1.807) is 17.2 Å². The predicted octanol–water partition coefficient (Wildman–Crippen LogP) is 2.12. The van der Waals surface area contributed by atoms with Gasteiger partial charge in [-0.25, -0.2) is 15.0 Å². The van der Waals surface area contributed by atoms with Crippen LogP contribution in [0.1, 0.15) is 12.8 Å². The number of piperidine rings is 1. The van der Waals surface area contributed by atoms with Crippen molar-refractivity contribution in [3.05, 3.63) is 24.1 Å². The minimum absolute atomic E-state index is 0.481. The zero-order chi connectivity index (χ0) is 15.6. The summed E-state index contributed by atoms with van der Waals surface area (Å²) < 4.78 is 7.58. The topological polar surface area (TPSA) is 69.0 Å². The molecule has 0 radical (unpaired) electrons. The molecule has 0 spiro atoms. The van der Waals surface area contributed by atoms with Crippen molar-refractivity contribution in [3.8, 4) is 5.19 Å². The summed E-state index contributed by atoms with van der Waals surface area (Å²) in [5, 5.41) is 7.99. The molecule has 0 N–H and O–H groups in total. The first-order chi connectivity index (χ1) is 11.3. The molecule has 3 aromatic heterocycles. The van der Waals surface area contributed by atoms with Crippen molar-refractivity contribution in [1.82, 2.24) is 24.7 Å². The van der Waals surface area contributed by atoms with E-state index < -0.39 is 0 Å². The van der Waals surface area contributed by atoms with Gasteiger partial charge in [0, 0.05) is 37.6 Å². The zero-order valence-electron chi connectivity index (χ0n) is 12.9. The number of thiazole rings is 1. The van der Waals surface area contributed by atoms with Gasteiger partial charge in [-0.1, -0.05) is 11.3 Å². The van der Waals surface area contributed by atoms with Crippen LogP contribution in [-0.4, -0.2) is 44.4 Å². The Bertz CT molecular complexity index is 786. The van der Waals surface area contributed by atoms with Crippen LogP contribution in [-0.2, 0) is 7.05 Å². The van der Waals surface area contributed by atoms with Crippen LogP contribution in [0.5, 0.6) is 5.19 Å². The third-order valence-electron chi connectivity index (χ3n) is 4.18. The highest BCUT2D eigenvalue weighted by Crippen LogP contribution is 2.27. The minimum Gasteiger partial charge on any atom is -0.470 e. The summed E-state index contributed by atoms with van der Waals surface area (Å²) in [6, 6.07) is 0. The third kappa shape index (κ3) is 2.86. The van der Waals surface area contributed by atoms with Crippen LogP contribution in [0, 0.1) is 5.92 Å². The molecule has 8 heteroatoms. The van der Waals surface area contributed by atoms with Crippen LogP contribution in [0.15, 0.2) is 24.1 Å². The van der Waals surface area contributed by atoms with Crippen molar-refractivity contribution >= 4 is 28.2 Å². The van der Waals surface area contributed by atoms with Gasteiger partial charge in [-0.15, -0.1) is 0 Å². The largest absolute Gasteiger partial charge is 0.470 e. The van der Waals surface area contributed by atoms with Crippen LogP contribution < -0.4 is 9.64 Å². The summed E-state index contributed by atoms with van der Waals surface area (Å²) >= 11 is 1.53. The van der Waals surface area contributed by atoms with Crippen molar-refractivity contribution in [2.45, 2.75) is 12.8 Å². The molecule has 1 unspecified atom stereocenters. The lowest BCUT2D eigenvalue weighted by Crippen LogP contribution is -2.38. The van der Waals surface area contributed by atoms with Gasteiger partial charge in [0.2, 0.25) is 0 Å². The summed E-state index contributed by atoms with van der Waals surface area (Å²) in [6.45, 7) is 2.65. The van der Waals surface area contributed by atoms with E-state index in [9.17, 15) is 0 Å². The second kappa shape index (κ2) is 6.11. The number of hydrogen-bond donors (Lipinski definition) is 0. The van der Waals surface area contributed by atoms with Gasteiger partial charge >= 0.3 is 0 Å². The summed E-state index contributed by atoms with van der Waals surface area (Å²) in [5.74, 6) is 1.45. The zero-order valence-corrected chi connectivity index (χ0v) is 13.7. The SMILES string of the molecule is Cn1ncc2c(N3CCCC(COc4nccs4)C3)ncnc21. The number of rotatable bonds is 4. The van der Waals surface area contributed by atoms with Gasteiger partial charge in [0.05, 0.1) is 18.2 Å². The normalized spacial score (nSPS) is 18.5. The highest BCUT2D eigenvalue weighted by atomic mass is 32.1. The summed E-state index contributed by atoms with van der Waals surface area (Å²) in [7, 11) is 1.90. The Kier molecular flexibility index (Phi) is 3.82. The molecule has 23 heavy (non-hydrogen) atoms. The van der Waals surface area contributed by atoms with Crippen LogP contribution in [0.4, 0.5) is 5.82 Å². The number of aromatic nitrogens is 5. The second-order valence-corrected chi connectivity index (χ2v) is 6.62. The van der Waals surface area contributed by atoms with E-state index in [0.29, 0.717) is 12.5 Å². The Labute approximate surface area is 137 Å². The number of nitrogens with zero attached hydrogens (tertiary/aromatic N) is 6. The second-order valence-electron chi connectivity index (χ2n) is 5.77. The smallest absolute Gasteiger partial charge is 0.273 e. The minimum atomic E-state index is 0.481. The summed E-state index contributed by atoms with van der Waals surface area (Å²) in [6.07, 6.45) is 7.55. The predicted molar refractivity (Wildman–Crippen MR) is 88.9 cm³/mol. The van der Waals surface area contributed by atoms with E-state index in [4.69, 9.17) is 4.74 Å². The maximum atomic E-state index is 5.79. The molecule has 1 atom stereocenters. The Balaban J connectivity index is 1.50. The van der Waals surface area contributed by atoms with Crippen molar-refractivity contribution < 1.29 is 4.74 Å². The highest BCUT2D eigenvalue weighted by Gasteiger charge is 2.24. The molecule has 0 saturated carbocycles. The molecule has 0 aromatic carbocycles. The first-order valence-electron chi connectivity index (χ1n) is 7.71. The monoisotopic (exact) mass is 330 g/mol. The summed E-state index contributed by atoms with van der Waals surface area (Å²) in [4.78, 5) is 15.3. The number of hydrogen-bond acceptors (Lipinski definition) is 7. The van der Waals surface area contributed by atoms with E-state index in [-0.39, 0.29) is 0 Å². The fourth-order valence-corrected chi connectivity index (χ4v) is 3.56. The highest BCUT2D eigenvalue weighted by molar-refractivity contribution is 7.11. The van der Waals surface area contributed by atoms with Gasteiger partial charge in [0.15, 0.2) is 5.65 Å². The average Bonchev–Trinajstić information content (AvgIpc) is 3.23. The van der Waals surface area contributed by atoms with Crippen molar-refractivity contribution in [2.24, 2.45) is 13.0 Å². The molecule has 1 aliphatic heterocycles. The summed E-state index contributed by atoms with van der Waals surface area (Å²) in [5.41, 5.74) is 0.871. The van der Waals surface area contributed by atoms with Crippen molar-refractivity contribution in [3.63, 3.8) is 0 Å². The van der Waals surface area contributed by atoms with E-state index in [1.165, 1.54) is 17.8 Å². The molecule has 1 saturated heterocycles. The molecule has 1 fully saturated rings. The maximum Gasteiger partial charge on any atom is 0.273 e. The van der Waals surface area contributed by atoms with Gasteiger partial charge in [-0.05, 0) is 12.8 Å². The quantitative estimate of drug-likeness (QED) is 0.730. The molecule has 0 bridgehead atoms. The van der Waals surface area contributed by atoms with Crippen LogP contribution in [0.2, 0.25) is 0 Å². The van der Waals surface area contributed by atoms with Crippen LogP contribution in [0.25, 0.3) is 11.0 Å². The van der Waals surface area contributed by atoms with Gasteiger partial charge in [0.1, 0.15) is 12.1 Å². The lowest BCUT2D eigenvalue weighted by molar-refractivity contribution is 0.228. The lowest BCUT2D eigenvalue weighted by Gasteiger charge is -2.33. The molecule has 1 aliphatic rings. The number of ether oxygens (including phenoxy) is 1. The lowest BCUT2D eigenvalue weighted by atomic mass is 9.99. The number of fused-ring (bicyclic) bond motifs is 1. The first kappa shape index (κ1) is 14.4. The van der Waals surface area contributed by atoms with Crippen molar-refractivity contribution in [1.29, 1.82) is 0 Å². The van der Waals surface area contributed by atoms with E-state index in [1.807, 2.05) is 18.6 Å². The molecule has 4 heterocycles. The van der Waals surface area contributed by atoms with E-state index in [2.05, 4.69) is 25.0 Å². The standard InChI is InChI=1S/C15H18N6OS/c1-20-13-12(7-19-20)14(18-10-17-13)21-5-2-3-11(8-21)9-22-15-16-4-6-23-15/h4,6-7,10-11H,2-3,5,8-9H2,1H3. The molecule has 7 nitrogen and oxygen atoms in total. The van der Waals surface area contributed by atoms with Crippen LogP contribution in [0.3, 0.4) is 0 Å². The number of aryl methyl sites for hydroxylation is 1. The van der Waals surface area contributed by atoms with E-state index >= 15 is 0 Å². The fourth-order valence-electron chi connectivity index (χ4n) is 3.07. The molecular weight excluding hydrogens is 312 g/mol. The Hall–Kier alpha value is -2.22. The molecule has 0 amide bonds. The average molecular weight is 330 g/mol. The van der Waals surface area contributed by atoms with E-state index in [0.717, 1.165) is 41.6 Å². The number of anilines is 1. The molecule has 4 rings (SSSR count). The molecule has 120 valence electrons. The van der Waals surface area contributed by atoms with Gasteiger partial charge in [-0.2, -0.15) is 5.10 Å². The Morgan fingerprint density at radius 1 is 1.35 bits per heavy atom. The molecular formula is C15H18N6OS. The third-order valence-corrected chi connectivity index (χ3v) is 4.86. The molecule has 0 aliphatic carbocycles. The van der Waals surface area contributed by atoms with Gasteiger partial charge in [-0.3, -0.25) is 4.68 Å². The van der Waals surface area contributed by atoms with Gasteiger partial charge in [0.25, 0.3) is 5.19 Å². The van der Waals surface area contributed by atoms with Crippen LogP contribution >= 0.6 is 11.3 Å². The van der Waals surface area contributed by atoms with Crippen molar-refractivity contribution in [2.75, 3.05) is 24.6 Å². The first-order valence-corrected chi connectivity index (χ1v) is 8.59. The Morgan fingerprint density at radius 2 is 2.30 bits per heavy atom. The maximum absolute atomic E-state index is 5.79. The van der Waals surface area contributed by atoms with Gasteiger partial charge < -0.3 is 9.64 Å². The fraction of sp³-hybridized carbons (Fsp3) is 0.467.